The van der Waals surface area contributed by atoms with Crippen LogP contribution in [-0.2, 0) is 0 Å². The molecule has 86 valence electrons. The highest BCUT2D eigenvalue weighted by atomic mass is 35.5. The summed E-state index contributed by atoms with van der Waals surface area (Å²) in [5, 5.41) is 0.0641. The van der Waals surface area contributed by atoms with Gasteiger partial charge in [-0.05, 0) is 18.2 Å². The van der Waals surface area contributed by atoms with Crippen molar-refractivity contribution in [3.05, 3.63) is 23.2 Å². The maximum Gasteiger partial charge on any atom is 0.422 e. The minimum atomic E-state index is -4.37. The van der Waals surface area contributed by atoms with Gasteiger partial charge in [-0.15, -0.1) is 12.4 Å². The zero-order chi connectivity index (χ0) is 10.8. The molecule has 7 heteroatoms. The van der Waals surface area contributed by atoms with Crippen molar-refractivity contribution >= 4 is 29.7 Å². The van der Waals surface area contributed by atoms with Crippen LogP contribution < -0.4 is 10.5 Å². The lowest BCUT2D eigenvalue weighted by molar-refractivity contribution is -0.153. The van der Waals surface area contributed by atoms with Gasteiger partial charge in [-0.1, -0.05) is 11.6 Å². The fourth-order valence-electron chi connectivity index (χ4n) is 0.794. The van der Waals surface area contributed by atoms with E-state index in [4.69, 9.17) is 17.3 Å². The lowest BCUT2D eigenvalue weighted by Gasteiger charge is -2.10. The maximum atomic E-state index is 11.8. The second kappa shape index (κ2) is 5.32. The SMILES string of the molecule is Cl.Nc1ccc(OCC(F)(F)F)c(Cl)c1. The van der Waals surface area contributed by atoms with Gasteiger partial charge < -0.3 is 10.5 Å². The van der Waals surface area contributed by atoms with Gasteiger partial charge in [0.25, 0.3) is 0 Å². The van der Waals surface area contributed by atoms with Crippen molar-refractivity contribution in [1.82, 2.24) is 0 Å². The van der Waals surface area contributed by atoms with Crippen molar-refractivity contribution in [1.29, 1.82) is 0 Å². The molecule has 0 aliphatic heterocycles. The molecular formula is C8H8Cl2F3NO. The smallest absolute Gasteiger partial charge is 0.422 e. The zero-order valence-electron chi connectivity index (χ0n) is 7.34. The van der Waals surface area contributed by atoms with E-state index in [-0.39, 0.29) is 23.2 Å². The Morgan fingerprint density at radius 2 is 1.93 bits per heavy atom. The Balaban J connectivity index is 0.00000196. The summed E-state index contributed by atoms with van der Waals surface area (Å²) in [5.74, 6) is -0.0295. The zero-order valence-corrected chi connectivity index (χ0v) is 8.92. The van der Waals surface area contributed by atoms with E-state index in [2.05, 4.69) is 4.74 Å². The third kappa shape index (κ3) is 4.99. The summed E-state index contributed by atoms with van der Waals surface area (Å²) in [6.45, 7) is -1.36. The van der Waals surface area contributed by atoms with Crippen LogP contribution in [0.25, 0.3) is 0 Å². The van der Waals surface area contributed by atoms with Crippen LogP contribution in [-0.4, -0.2) is 12.8 Å². The number of alkyl halides is 3. The van der Waals surface area contributed by atoms with Gasteiger partial charge in [0.15, 0.2) is 6.61 Å². The molecule has 0 atom stereocenters. The van der Waals surface area contributed by atoms with Gasteiger partial charge in [-0.25, -0.2) is 0 Å². The average Bonchev–Trinajstić information content (AvgIpc) is 2.00. The standard InChI is InChI=1S/C8H7ClF3NO.ClH/c9-6-3-5(13)1-2-7(6)14-4-8(10,11)12;/h1-3H,4,13H2;1H. The highest BCUT2D eigenvalue weighted by Gasteiger charge is 2.28. The molecule has 0 fully saturated rings. The Hall–Kier alpha value is -0.810. The number of hydrogen-bond donors (Lipinski definition) is 1. The molecule has 0 spiro atoms. The molecule has 0 heterocycles. The molecule has 0 bridgehead atoms. The number of benzene rings is 1. The molecule has 1 aromatic carbocycles. The summed E-state index contributed by atoms with van der Waals surface area (Å²) in [7, 11) is 0. The van der Waals surface area contributed by atoms with Crippen LogP contribution in [0.4, 0.5) is 18.9 Å². The van der Waals surface area contributed by atoms with Crippen LogP contribution in [0.1, 0.15) is 0 Å². The Morgan fingerprint density at radius 1 is 1.33 bits per heavy atom. The molecule has 0 saturated carbocycles. The molecule has 0 unspecified atom stereocenters. The summed E-state index contributed by atoms with van der Waals surface area (Å²) in [5.41, 5.74) is 5.72. The first kappa shape index (κ1) is 14.2. The molecule has 1 aromatic rings. The molecule has 2 N–H and O–H groups in total. The first-order chi connectivity index (χ1) is 6.38. The number of nitrogen functional groups attached to an aromatic ring is 1. The van der Waals surface area contributed by atoms with Crippen LogP contribution in [0.15, 0.2) is 18.2 Å². The van der Waals surface area contributed by atoms with Crippen LogP contribution in [0.2, 0.25) is 5.02 Å². The molecule has 0 aliphatic carbocycles. The Morgan fingerprint density at radius 3 is 2.40 bits per heavy atom. The highest BCUT2D eigenvalue weighted by molar-refractivity contribution is 6.32. The summed E-state index contributed by atoms with van der Waals surface area (Å²) in [6.07, 6.45) is -4.37. The molecule has 2 nitrogen and oxygen atoms in total. The number of rotatable bonds is 2. The first-order valence-corrected chi connectivity index (χ1v) is 4.01. The van der Waals surface area contributed by atoms with Gasteiger partial charge in [0.05, 0.1) is 5.02 Å². The van der Waals surface area contributed by atoms with Gasteiger partial charge in [0.2, 0.25) is 0 Å². The van der Waals surface area contributed by atoms with Gasteiger partial charge in [-0.2, -0.15) is 13.2 Å². The van der Waals surface area contributed by atoms with Crippen molar-refractivity contribution in [2.45, 2.75) is 6.18 Å². The van der Waals surface area contributed by atoms with Gasteiger partial charge in [0.1, 0.15) is 5.75 Å². The van der Waals surface area contributed by atoms with E-state index in [0.29, 0.717) is 5.69 Å². The molecule has 0 saturated heterocycles. The molecule has 0 aromatic heterocycles. The van der Waals surface area contributed by atoms with E-state index < -0.39 is 12.8 Å². The number of halogens is 5. The second-order valence-corrected chi connectivity index (χ2v) is 3.00. The van der Waals surface area contributed by atoms with Crippen LogP contribution in [0.5, 0.6) is 5.75 Å². The summed E-state index contributed by atoms with van der Waals surface area (Å²) in [6, 6.07) is 4.04. The minimum Gasteiger partial charge on any atom is -0.483 e. The van der Waals surface area contributed by atoms with E-state index in [1.54, 1.807) is 0 Å². The van der Waals surface area contributed by atoms with Crippen molar-refractivity contribution < 1.29 is 17.9 Å². The van der Waals surface area contributed by atoms with Crippen LogP contribution >= 0.6 is 24.0 Å². The molecule has 1 rings (SSSR count). The third-order valence-corrected chi connectivity index (χ3v) is 1.64. The number of hydrogen-bond acceptors (Lipinski definition) is 2. The summed E-state index contributed by atoms with van der Waals surface area (Å²) < 4.78 is 39.7. The third-order valence-electron chi connectivity index (χ3n) is 1.35. The quantitative estimate of drug-likeness (QED) is 0.830. The van der Waals surface area contributed by atoms with Gasteiger partial charge >= 0.3 is 6.18 Å². The lowest BCUT2D eigenvalue weighted by Crippen LogP contribution is -2.19. The lowest BCUT2D eigenvalue weighted by atomic mass is 10.3. The fourth-order valence-corrected chi connectivity index (χ4v) is 1.04. The number of ether oxygens (including phenoxy) is 1. The first-order valence-electron chi connectivity index (χ1n) is 3.63. The topological polar surface area (TPSA) is 35.2 Å². The second-order valence-electron chi connectivity index (χ2n) is 2.59. The van der Waals surface area contributed by atoms with Crippen LogP contribution in [0, 0.1) is 0 Å². The minimum absolute atomic E-state index is 0. The fraction of sp³-hybridized carbons (Fsp3) is 0.250. The maximum absolute atomic E-state index is 11.8. The molecule has 15 heavy (non-hydrogen) atoms. The van der Waals surface area contributed by atoms with E-state index in [1.165, 1.54) is 18.2 Å². The normalized spacial score (nSPS) is 10.7. The molecule has 0 aliphatic rings. The number of nitrogens with two attached hydrogens (primary N) is 1. The Labute approximate surface area is 95.6 Å². The molecule has 0 amide bonds. The van der Waals surface area contributed by atoms with Gasteiger partial charge in [-0.3, -0.25) is 0 Å². The van der Waals surface area contributed by atoms with Crippen molar-refractivity contribution in [3.63, 3.8) is 0 Å². The van der Waals surface area contributed by atoms with E-state index >= 15 is 0 Å². The van der Waals surface area contributed by atoms with E-state index in [1.807, 2.05) is 0 Å². The highest BCUT2D eigenvalue weighted by Crippen LogP contribution is 2.28. The molecule has 0 radical (unpaired) electrons. The molecular weight excluding hydrogens is 254 g/mol. The van der Waals surface area contributed by atoms with E-state index in [9.17, 15) is 13.2 Å². The van der Waals surface area contributed by atoms with Crippen LogP contribution in [0.3, 0.4) is 0 Å². The van der Waals surface area contributed by atoms with Crippen molar-refractivity contribution in [2.75, 3.05) is 12.3 Å². The van der Waals surface area contributed by atoms with E-state index in [0.717, 1.165) is 0 Å². The Kier molecular flexibility index (Phi) is 5.03. The summed E-state index contributed by atoms with van der Waals surface area (Å²) in [4.78, 5) is 0. The summed E-state index contributed by atoms with van der Waals surface area (Å²) >= 11 is 5.59. The van der Waals surface area contributed by atoms with Crippen molar-refractivity contribution in [2.24, 2.45) is 0 Å². The largest absolute Gasteiger partial charge is 0.483 e. The van der Waals surface area contributed by atoms with Gasteiger partial charge in [0, 0.05) is 5.69 Å². The number of anilines is 1. The Bertz CT molecular complexity index is 330. The average molecular weight is 262 g/mol. The monoisotopic (exact) mass is 261 g/mol. The van der Waals surface area contributed by atoms with Crippen molar-refractivity contribution in [3.8, 4) is 5.75 Å². The predicted molar refractivity (Wildman–Crippen MR) is 54.7 cm³/mol. The predicted octanol–water partition coefficient (Wildman–Crippen LogP) is 3.29.